The van der Waals surface area contributed by atoms with Crippen LogP contribution in [-0.2, 0) is 22.4 Å². The van der Waals surface area contributed by atoms with Gasteiger partial charge in [0.2, 0.25) is 0 Å². The van der Waals surface area contributed by atoms with Crippen LogP contribution in [0.15, 0.2) is 30.9 Å². The van der Waals surface area contributed by atoms with E-state index in [-0.39, 0.29) is 5.97 Å². The van der Waals surface area contributed by atoms with E-state index in [1.165, 1.54) is 13.0 Å². The highest BCUT2D eigenvalue weighted by Gasteiger charge is 2.28. The number of hydrogen-bond acceptors (Lipinski definition) is 4. The Morgan fingerprint density at radius 3 is 2.58 bits per heavy atom. The molecule has 0 heterocycles. The second-order valence-electron chi connectivity index (χ2n) is 6.90. The Hall–Kier alpha value is -2.62. The summed E-state index contributed by atoms with van der Waals surface area (Å²) in [6.45, 7) is 9.08. The average molecular weight is 352 g/mol. The summed E-state index contributed by atoms with van der Waals surface area (Å²) in [5.74, 6) is 0.890. The summed E-state index contributed by atoms with van der Waals surface area (Å²) in [6.07, 6.45) is 4.88. The zero-order valence-electron chi connectivity index (χ0n) is 15.6. The number of carbonyl (C=O) groups is 2. The maximum atomic E-state index is 12.0. The monoisotopic (exact) mass is 352 g/mol. The quantitative estimate of drug-likeness (QED) is 0.455. The van der Waals surface area contributed by atoms with Gasteiger partial charge in [-0.3, -0.25) is 4.79 Å². The van der Waals surface area contributed by atoms with Crippen LogP contribution in [-0.4, -0.2) is 11.9 Å². The zero-order valence-corrected chi connectivity index (χ0v) is 15.6. The molecule has 0 spiro atoms. The van der Waals surface area contributed by atoms with E-state index >= 15 is 0 Å². The van der Waals surface area contributed by atoms with Crippen molar-refractivity contribution in [2.75, 3.05) is 0 Å². The molecule has 0 saturated heterocycles. The molecule has 0 saturated carbocycles. The van der Waals surface area contributed by atoms with Gasteiger partial charge in [0.15, 0.2) is 0 Å². The van der Waals surface area contributed by atoms with Gasteiger partial charge in [0.25, 0.3) is 0 Å². The van der Waals surface area contributed by atoms with Crippen LogP contribution >= 0.6 is 0 Å². The van der Waals surface area contributed by atoms with E-state index in [2.05, 4.69) is 13.5 Å². The van der Waals surface area contributed by atoms with Gasteiger partial charge in [-0.25, -0.2) is 4.79 Å². The summed E-state index contributed by atoms with van der Waals surface area (Å²) < 4.78 is 11.3. The second kappa shape index (κ2) is 7.32. The molecule has 0 fully saturated rings. The number of rotatable bonds is 4. The van der Waals surface area contributed by atoms with Crippen LogP contribution in [0.3, 0.4) is 0 Å². The van der Waals surface area contributed by atoms with Gasteiger partial charge < -0.3 is 9.47 Å². The second-order valence-corrected chi connectivity index (χ2v) is 6.90. The van der Waals surface area contributed by atoms with Crippen LogP contribution < -0.4 is 9.47 Å². The molecule has 0 radical (unpaired) electrons. The van der Waals surface area contributed by atoms with Crippen molar-refractivity contribution in [2.24, 2.45) is 5.92 Å². The van der Waals surface area contributed by atoms with E-state index in [9.17, 15) is 9.59 Å². The highest BCUT2D eigenvalue weighted by Crippen LogP contribution is 2.46. The summed E-state index contributed by atoms with van der Waals surface area (Å²) in [7, 11) is 0. The molecule has 136 valence electrons. The van der Waals surface area contributed by atoms with Crippen molar-refractivity contribution < 1.29 is 19.1 Å². The summed E-state index contributed by atoms with van der Waals surface area (Å²) in [6, 6.07) is 5.88. The van der Waals surface area contributed by atoms with Gasteiger partial charge in [-0.15, -0.1) is 0 Å². The van der Waals surface area contributed by atoms with Crippen molar-refractivity contribution in [3.05, 3.63) is 47.5 Å². The first kappa shape index (κ1) is 18.2. The van der Waals surface area contributed by atoms with Gasteiger partial charge in [-0.2, -0.15) is 0 Å². The molecule has 1 aliphatic rings. The molecule has 0 amide bonds. The lowest BCUT2D eigenvalue weighted by Gasteiger charge is -2.28. The molecule has 1 unspecified atom stereocenters. The van der Waals surface area contributed by atoms with E-state index < -0.39 is 5.97 Å². The fraction of sp³-hybridized carbons (Fsp3) is 0.364. The van der Waals surface area contributed by atoms with Crippen LogP contribution in [0.4, 0.5) is 0 Å². The Kier molecular flexibility index (Phi) is 5.12. The predicted octanol–water partition coefficient (Wildman–Crippen LogP) is 4.68. The Bertz CT molecular complexity index is 895. The van der Waals surface area contributed by atoms with Gasteiger partial charge in [-0.05, 0) is 38.2 Å². The van der Waals surface area contributed by atoms with Crippen LogP contribution in [0.25, 0.3) is 10.8 Å². The van der Waals surface area contributed by atoms with Gasteiger partial charge in [0.05, 0.1) is 0 Å². The highest BCUT2D eigenvalue weighted by atomic mass is 16.5. The lowest BCUT2D eigenvalue weighted by molar-refractivity contribution is -0.132. The van der Waals surface area contributed by atoms with E-state index in [1.54, 1.807) is 0 Å². The molecule has 26 heavy (non-hydrogen) atoms. The maximum Gasteiger partial charge on any atom is 0.335 e. The molecule has 0 aliphatic heterocycles. The fourth-order valence-corrected chi connectivity index (χ4v) is 3.73. The van der Waals surface area contributed by atoms with E-state index in [0.717, 1.165) is 53.1 Å². The summed E-state index contributed by atoms with van der Waals surface area (Å²) in [5.41, 5.74) is 3.01. The van der Waals surface area contributed by atoms with Crippen molar-refractivity contribution in [3.63, 3.8) is 0 Å². The lowest BCUT2D eigenvalue weighted by atomic mass is 9.80. The number of fused-ring (bicyclic) bond motifs is 2. The molecule has 0 N–H and O–H groups in total. The van der Waals surface area contributed by atoms with Crippen LogP contribution in [0.2, 0.25) is 0 Å². The molecular weight excluding hydrogens is 328 g/mol. The number of hydrogen-bond donors (Lipinski definition) is 0. The SMILES string of the molecule is C=CC(=O)Oc1c2c(c(OC(C)=O)c3cc(C)ccc13)CCC(CC)C2. The van der Waals surface area contributed by atoms with Crippen molar-refractivity contribution >= 4 is 22.7 Å². The molecule has 0 bridgehead atoms. The number of carbonyl (C=O) groups excluding carboxylic acids is 2. The molecular formula is C22H24O4. The Morgan fingerprint density at radius 1 is 1.19 bits per heavy atom. The highest BCUT2D eigenvalue weighted by molar-refractivity contribution is 6.00. The Morgan fingerprint density at radius 2 is 1.92 bits per heavy atom. The van der Waals surface area contributed by atoms with E-state index in [1.807, 2.05) is 25.1 Å². The van der Waals surface area contributed by atoms with Crippen molar-refractivity contribution in [1.82, 2.24) is 0 Å². The zero-order chi connectivity index (χ0) is 18.8. The summed E-state index contributed by atoms with van der Waals surface area (Å²) in [4.78, 5) is 23.7. The molecule has 1 aliphatic carbocycles. The van der Waals surface area contributed by atoms with E-state index in [4.69, 9.17) is 9.47 Å². The Labute approximate surface area is 153 Å². The molecule has 1 atom stereocenters. The predicted molar refractivity (Wildman–Crippen MR) is 102 cm³/mol. The van der Waals surface area contributed by atoms with E-state index in [0.29, 0.717) is 17.4 Å². The molecule has 0 aromatic heterocycles. The molecule has 4 nitrogen and oxygen atoms in total. The molecule has 2 aromatic carbocycles. The van der Waals surface area contributed by atoms with Crippen LogP contribution in [0.5, 0.6) is 11.5 Å². The average Bonchev–Trinajstić information content (AvgIpc) is 2.63. The maximum absolute atomic E-state index is 12.0. The van der Waals surface area contributed by atoms with Gasteiger partial charge in [-0.1, -0.05) is 37.6 Å². The topological polar surface area (TPSA) is 52.6 Å². The number of aryl methyl sites for hydroxylation is 1. The third-order valence-corrected chi connectivity index (χ3v) is 5.06. The number of esters is 2. The van der Waals surface area contributed by atoms with Crippen molar-refractivity contribution in [3.8, 4) is 11.5 Å². The van der Waals surface area contributed by atoms with Crippen molar-refractivity contribution in [2.45, 2.75) is 46.5 Å². The molecule has 2 aromatic rings. The first-order chi connectivity index (χ1) is 12.4. The lowest BCUT2D eigenvalue weighted by Crippen LogP contribution is -2.18. The van der Waals surface area contributed by atoms with Gasteiger partial charge in [0.1, 0.15) is 11.5 Å². The summed E-state index contributed by atoms with van der Waals surface area (Å²) in [5, 5.41) is 1.60. The first-order valence-corrected chi connectivity index (χ1v) is 9.05. The van der Waals surface area contributed by atoms with Gasteiger partial charge >= 0.3 is 11.9 Å². The minimum absolute atomic E-state index is 0.344. The molecule has 4 heteroatoms. The third kappa shape index (κ3) is 3.36. The Balaban J connectivity index is 2.33. The minimum Gasteiger partial charge on any atom is -0.426 e. The summed E-state index contributed by atoms with van der Waals surface area (Å²) >= 11 is 0. The number of ether oxygens (including phenoxy) is 2. The minimum atomic E-state index is -0.479. The van der Waals surface area contributed by atoms with Gasteiger partial charge in [0, 0.05) is 34.9 Å². The smallest absolute Gasteiger partial charge is 0.335 e. The molecule has 3 rings (SSSR count). The normalized spacial score (nSPS) is 16.0. The standard InChI is InChI=1S/C22H24O4/c1-5-15-8-10-17-19(12-15)22(26-20(24)6-2)16-9-7-13(3)11-18(16)21(17)25-14(4)23/h6-7,9,11,15H,2,5,8,10,12H2,1,3-4H3. The fourth-order valence-electron chi connectivity index (χ4n) is 3.73. The van der Waals surface area contributed by atoms with Crippen molar-refractivity contribution in [1.29, 1.82) is 0 Å². The van der Waals surface area contributed by atoms with Crippen LogP contribution in [0.1, 0.15) is 43.4 Å². The number of benzene rings is 2. The van der Waals surface area contributed by atoms with Crippen LogP contribution in [0, 0.1) is 12.8 Å². The third-order valence-electron chi connectivity index (χ3n) is 5.06. The first-order valence-electron chi connectivity index (χ1n) is 9.05. The largest absolute Gasteiger partial charge is 0.426 e.